The summed E-state index contributed by atoms with van der Waals surface area (Å²) in [5, 5.41) is 0. The number of benzene rings is 12. The van der Waals surface area contributed by atoms with Crippen molar-refractivity contribution in [2.45, 2.75) is 24.7 Å². The minimum atomic E-state index is -0.772. The predicted molar refractivity (Wildman–Crippen MR) is 327 cm³/mol. The SMILES string of the molecule is CC1(C)c2ccccc2-c2ccc(N(c3ccc(-c4ccccc4)cc3)c3ccc(C4(c5cccc(N(c6ccccc6)c6ccc(-c7ccccc7)cc6)c5)c5ccccc5-c5ccccc5-c5ccccc54)cc3)cc21. The van der Waals surface area contributed by atoms with Crippen LogP contribution in [0.15, 0.2) is 303 Å². The summed E-state index contributed by atoms with van der Waals surface area (Å²) in [6.45, 7) is 4.73. The van der Waals surface area contributed by atoms with Crippen LogP contribution in [0.2, 0.25) is 0 Å². The summed E-state index contributed by atoms with van der Waals surface area (Å²) >= 11 is 0. The van der Waals surface area contributed by atoms with E-state index >= 15 is 0 Å². The van der Waals surface area contributed by atoms with Crippen LogP contribution in [0.4, 0.5) is 34.1 Å². The van der Waals surface area contributed by atoms with E-state index in [0.717, 1.165) is 34.1 Å². The molecule has 370 valence electrons. The van der Waals surface area contributed by atoms with Crippen molar-refractivity contribution >= 4 is 34.1 Å². The van der Waals surface area contributed by atoms with Crippen molar-refractivity contribution in [3.05, 3.63) is 337 Å². The molecule has 78 heavy (non-hydrogen) atoms. The Morgan fingerprint density at radius 1 is 0.218 bits per heavy atom. The average molecular weight is 997 g/mol. The zero-order valence-corrected chi connectivity index (χ0v) is 43.8. The Labute approximate surface area is 458 Å². The first-order valence-corrected chi connectivity index (χ1v) is 27.2. The van der Waals surface area contributed by atoms with Crippen LogP contribution < -0.4 is 9.80 Å². The summed E-state index contributed by atoms with van der Waals surface area (Å²) in [6.07, 6.45) is 0. The zero-order chi connectivity index (χ0) is 52.2. The van der Waals surface area contributed by atoms with E-state index < -0.39 is 5.41 Å². The summed E-state index contributed by atoms with van der Waals surface area (Å²) in [4.78, 5) is 4.84. The molecule has 2 aliphatic rings. The molecule has 2 aliphatic carbocycles. The van der Waals surface area contributed by atoms with Crippen LogP contribution in [0.1, 0.15) is 47.2 Å². The topological polar surface area (TPSA) is 6.48 Å². The molecular formula is C76H56N2. The summed E-state index contributed by atoms with van der Waals surface area (Å²) in [5.74, 6) is 0. The van der Waals surface area contributed by atoms with Crippen molar-refractivity contribution in [2.24, 2.45) is 0 Å². The van der Waals surface area contributed by atoms with Crippen LogP contribution in [0, 0.1) is 0 Å². The van der Waals surface area contributed by atoms with Gasteiger partial charge in [-0.3, -0.25) is 0 Å². The largest absolute Gasteiger partial charge is 0.310 e. The molecule has 0 aliphatic heterocycles. The van der Waals surface area contributed by atoms with Crippen LogP contribution in [-0.2, 0) is 10.8 Å². The molecule has 0 spiro atoms. The smallest absolute Gasteiger partial charge is 0.0714 e. The molecule has 0 bridgehead atoms. The lowest BCUT2D eigenvalue weighted by atomic mass is 9.63. The van der Waals surface area contributed by atoms with Gasteiger partial charge in [0.05, 0.1) is 5.41 Å². The molecule has 0 radical (unpaired) electrons. The van der Waals surface area contributed by atoms with Gasteiger partial charge in [0.2, 0.25) is 0 Å². The molecule has 0 heterocycles. The Morgan fingerprint density at radius 3 is 1.08 bits per heavy atom. The van der Waals surface area contributed by atoms with Gasteiger partial charge in [-0.25, -0.2) is 0 Å². The Morgan fingerprint density at radius 2 is 0.564 bits per heavy atom. The van der Waals surface area contributed by atoms with Gasteiger partial charge < -0.3 is 9.80 Å². The summed E-state index contributed by atoms with van der Waals surface area (Å²) in [5.41, 5.74) is 25.4. The first-order valence-electron chi connectivity index (χ1n) is 27.2. The van der Waals surface area contributed by atoms with Gasteiger partial charge in [-0.05, 0) is 162 Å². The molecule has 0 fully saturated rings. The second kappa shape index (κ2) is 19.1. The molecule has 2 heteroatoms. The molecule has 0 saturated carbocycles. The second-order valence-corrected chi connectivity index (χ2v) is 21.2. The highest BCUT2D eigenvalue weighted by Crippen LogP contribution is 2.57. The van der Waals surface area contributed by atoms with Crippen molar-refractivity contribution in [2.75, 3.05) is 9.80 Å². The second-order valence-electron chi connectivity index (χ2n) is 21.2. The third-order valence-electron chi connectivity index (χ3n) is 16.6. The Bertz CT molecular complexity index is 4080. The Balaban J connectivity index is 0.977. The summed E-state index contributed by atoms with van der Waals surface area (Å²) in [6, 6.07) is 112. The molecule has 14 rings (SSSR count). The van der Waals surface area contributed by atoms with Crippen molar-refractivity contribution in [1.82, 2.24) is 0 Å². The van der Waals surface area contributed by atoms with Crippen molar-refractivity contribution in [1.29, 1.82) is 0 Å². The van der Waals surface area contributed by atoms with Gasteiger partial charge in [-0.2, -0.15) is 0 Å². The van der Waals surface area contributed by atoms with E-state index in [9.17, 15) is 0 Å². The monoisotopic (exact) mass is 996 g/mol. The predicted octanol–water partition coefficient (Wildman–Crippen LogP) is 20.3. The normalized spacial score (nSPS) is 13.2. The lowest BCUT2D eigenvalue weighted by Crippen LogP contribution is -2.32. The molecule has 0 saturated heterocycles. The average Bonchev–Trinajstić information content (AvgIpc) is 3.93. The van der Waals surface area contributed by atoms with Crippen LogP contribution in [0.5, 0.6) is 0 Å². The van der Waals surface area contributed by atoms with Crippen LogP contribution in [0.25, 0.3) is 55.6 Å². The van der Waals surface area contributed by atoms with Crippen molar-refractivity contribution in [3.8, 4) is 55.6 Å². The van der Waals surface area contributed by atoms with Gasteiger partial charge in [0.25, 0.3) is 0 Å². The van der Waals surface area contributed by atoms with E-state index in [4.69, 9.17) is 0 Å². The van der Waals surface area contributed by atoms with Crippen molar-refractivity contribution < 1.29 is 0 Å². The Hall–Kier alpha value is -9.76. The highest BCUT2D eigenvalue weighted by molar-refractivity contribution is 5.94. The lowest BCUT2D eigenvalue weighted by molar-refractivity contribution is 0.660. The van der Waals surface area contributed by atoms with Crippen molar-refractivity contribution in [3.63, 3.8) is 0 Å². The van der Waals surface area contributed by atoms with E-state index in [0.29, 0.717) is 0 Å². The molecule has 0 atom stereocenters. The molecule has 0 N–H and O–H groups in total. The summed E-state index contributed by atoms with van der Waals surface area (Å²) < 4.78 is 0. The lowest BCUT2D eigenvalue weighted by Gasteiger charge is -2.39. The highest BCUT2D eigenvalue weighted by Gasteiger charge is 2.44. The van der Waals surface area contributed by atoms with Gasteiger partial charge in [0.1, 0.15) is 0 Å². The van der Waals surface area contributed by atoms with Gasteiger partial charge in [0.15, 0.2) is 0 Å². The quantitative estimate of drug-likeness (QED) is 0.135. The maximum Gasteiger partial charge on any atom is 0.0714 e. The van der Waals surface area contributed by atoms with Crippen LogP contribution >= 0.6 is 0 Å². The van der Waals surface area contributed by atoms with Gasteiger partial charge in [-0.1, -0.05) is 244 Å². The van der Waals surface area contributed by atoms with Gasteiger partial charge in [0, 0.05) is 39.5 Å². The first-order chi connectivity index (χ1) is 38.4. The summed E-state index contributed by atoms with van der Waals surface area (Å²) in [7, 11) is 0. The Kier molecular flexibility index (Phi) is 11.5. The fourth-order valence-corrected chi connectivity index (χ4v) is 12.9. The molecule has 12 aromatic rings. The number of hydrogen-bond donors (Lipinski definition) is 0. The number of fused-ring (bicyclic) bond motifs is 8. The maximum atomic E-state index is 2.44. The number of rotatable bonds is 10. The van der Waals surface area contributed by atoms with Crippen LogP contribution in [0.3, 0.4) is 0 Å². The highest BCUT2D eigenvalue weighted by atomic mass is 15.1. The third-order valence-corrected chi connectivity index (χ3v) is 16.6. The van der Waals surface area contributed by atoms with E-state index in [1.807, 2.05) is 0 Å². The number of anilines is 6. The van der Waals surface area contributed by atoms with E-state index in [2.05, 4.69) is 327 Å². The molecule has 0 amide bonds. The molecule has 0 aromatic heterocycles. The standard InChI is InChI=1S/C76H56N2/c1-75(2)71-34-17-14-33-69(71)70-50-49-64(52-74(70)75)78(61-45-39-56(40-46-61)54-23-8-4-9-24-54)62-47-41-57(42-48-62)76(72-35-18-15-31-67(72)65-29-12-13-30-66(65)68-32-16-19-36-73(68)76)58-25-20-28-63(51-58)77(59-26-10-5-11-27-59)60-43-37-55(38-44-60)53-21-6-3-7-22-53/h3-52H,1-2H3. The number of hydrogen-bond acceptors (Lipinski definition) is 2. The minimum absolute atomic E-state index is 0.158. The molecule has 2 nitrogen and oxygen atoms in total. The molecular weight excluding hydrogens is 941 g/mol. The molecule has 0 unspecified atom stereocenters. The van der Waals surface area contributed by atoms with E-state index in [1.54, 1.807) is 0 Å². The zero-order valence-electron chi connectivity index (χ0n) is 43.8. The van der Waals surface area contributed by atoms with E-state index in [-0.39, 0.29) is 5.41 Å². The number of nitrogens with zero attached hydrogens (tertiary/aromatic N) is 2. The fraction of sp³-hybridized carbons (Fsp3) is 0.0526. The van der Waals surface area contributed by atoms with Gasteiger partial charge >= 0.3 is 0 Å². The molecule has 12 aromatic carbocycles. The third kappa shape index (κ3) is 7.71. The minimum Gasteiger partial charge on any atom is -0.310 e. The fourth-order valence-electron chi connectivity index (χ4n) is 12.9. The van der Waals surface area contributed by atoms with Gasteiger partial charge in [-0.15, -0.1) is 0 Å². The number of para-hydroxylation sites is 1. The first kappa shape index (κ1) is 46.7. The van der Waals surface area contributed by atoms with E-state index in [1.165, 1.54) is 89.0 Å². The van der Waals surface area contributed by atoms with Crippen LogP contribution in [-0.4, -0.2) is 0 Å². The maximum absolute atomic E-state index is 2.44.